The molecule has 0 saturated carbocycles. The number of fused-ring (bicyclic) bond motifs is 1. The van der Waals surface area contributed by atoms with E-state index in [-0.39, 0.29) is 11.5 Å². The Morgan fingerprint density at radius 3 is 2.24 bits per heavy atom. The van der Waals surface area contributed by atoms with Gasteiger partial charge in [0, 0.05) is 5.56 Å². The average Bonchev–Trinajstić information content (AvgIpc) is 2.99. The number of hydrogen-bond acceptors (Lipinski definition) is 4. The first kappa shape index (κ1) is 21.9. The van der Waals surface area contributed by atoms with Gasteiger partial charge in [-0.1, -0.05) is 41.9 Å². The number of alkyl halides is 3. The Morgan fingerprint density at radius 1 is 1.24 bits per heavy atom. The number of aryl methyl sites for hydroxylation is 1. The molecule has 0 unspecified atom stereocenters. The van der Waals surface area contributed by atoms with Crippen molar-refractivity contribution in [2.75, 3.05) is 0 Å². The lowest BCUT2D eigenvalue weighted by Crippen LogP contribution is -2.21. The van der Waals surface area contributed by atoms with Crippen LogP contribution in [0.3, 0.4) is 0 Å². The number of carbonyl (C=O) groups excluding carboxylic acids is 1. The molecule has 2 aromatic heterocycles. The van der Waals surface area contributed by atoms with Crippen molar-refractivity contribution < 1.29 is 27.9 Å². The van der Waals surface area contributed by atoms with Crippen LogP contribution in [-0.4, -0.2) is 32.4 Å². The number of Topliss-reactive ketones (excluding diaryl/α,β-unsaturated/α-hetero) is 1. The second-order valence-electron chi connectivity index (χ2n) is 5.78. The summed E-state index contributed by atoms with van der Waals surface area (Å²) in [7, 11) is 0. The number of benzene rings is 1. The number of pyridine rings is 1. The molecule has 3 aromatic rings. The molecule has 0 saturated heterocycles. The van der Waals surface area contributed by atoms with E-state index in [2.05, 4.69) is 11.1 Å². The first-order valence-corrected chi connectivity index (χ1v) is 8.35. The van der Waals surface area contributed by atoms with Crippen LogP contribution in [-0.2, 0) is 4.79 Å². The lowest BCUT2D eigenvalue weighted by atomic mass is 10.0. The zero-order chi connectivity index (χ0) is 21.9. The van der Waals surface area contributed by atoms with Gasteiger partial charge in [0.05, 0.1) is 10.7 Å². The Morgan fingerprint density at radius 2 is 1.79 bits per heavy atom. The van der Waals surface area contributed by atoms with Crippen LogP contribution in [0.4, 0.5) is 13.2 Å². The van der Waals surface area contributed by atoms with E-state index in [9.17, 15) is 23.2 Å². The number of aromatic nitrogens is 2. The first-order chi connectivity index (χ1) is 13.5. The summed E-state index contributed by atoms with van der Waals surface area (Å²) in [6.07, 6.45) is -5.08. The maximum Gasteiger partial charge on any atom is 0.490 e. The van der Waals surface area contributed by atoms with E-state index >= 15 is 0 Å². The van der Waals surface area contributed by atoms with Gasteiger partial charge in [-0.05, 0) is 25.5 Å². The van der Waals surface area contributed by atoms with Crippen molar-refractivity contribution >= 4 is 28.9 Å². The van der Waals surface area contributed by atoms with Crippen molar-refractivity contribution in [1.82, 2.24) is 9.38 Å². The highest BCUT2D eigenvalue weighted by molar-refractivity contribution is 6.34. The summed E-state index contributed by atoms with van der Waals surface area (Å²) in [4.78, 5) is 25.2. The molecule has 6 nitrogen and oxygen atoms in total. The number of imidazole rings is 1. The topological polar surface area (TPSA) is 95.5 Å². The number of rotatable bonds is 2. The molecule has 150 valence electrons. The minimum Gasteiger partial charge on any atom is -0.475 e. The van der Waals surface area contributed by atoms with E-state index < -0.39 is 12.1 Å². The highest BCUT2D eigenvalue weighted by Crippen LogP contribution is 2.33. The normalized spacial score (nSPS) is 10.8. The highest BCUT2D eigenvalue weighted by Gasteiger charge is 2.38. The van der Waals surface area contributed by atoms with Gasteiger partial charge in [-0.3, -0.25) is 9.20 Å². The smallest absolute Gasteiger partial charge is 0.475 e. The molecule has 10 heteroatoms. The molecule has 0 aliphatic carbocycles. The van der Waals surface area contributed by atoms with Crippen LogP contribution in [0.5, 0.6) is 0 Å². The summed E-state index contributed by atoms with van der Waals surface area (Å²) in [6, 6.07) is 13.2. The number of carboxylic acids is 1. The second-order valence-corrected chi connectivity index (χ2v) is 6.19. The van der Waals surface area contributed by atoms with Gasteiger partial charge < -0.3 is 5.11 Å². The summed E-state index contributed by atoms with van der Waals surface area (Å²) in [6.45, 7) is 3.29. The quantitative estimate of drug-likeness (QED) is 0.604. The lowest BCUT2D eigenvalue weighted by Gasteiger charge is -2.13. The standard InChI is InChI=1S/C17H12ClN3O.C2HF3O2/c1-10(22)13-8-14(18)17-15(9-19)20-11(2)21(17)16(13)12-6-4-3-5-7-12;3-2(4,5)1(6)7/h3-8H,1-2H3;(H,6,7). The number of aliphatic carboxylic acids is 1. The van der Waals surface area contributed by atoms with Crippen molar-refractivity contribution in [1.29, 1.82) is 5.26 Å². The van der Waals surface area contributed by atoms with E-state index in [0.29, 0.717) is 27.6 Å². The molecule has 0 aliphatic heterocycles. The Balaban J connectivity index is 0.000000370. The Bertz CT molecular complexity index is 1130. The van der Waals surface area contributed by atoms with Gasteiger partial charge in [0.2, 0.25) is 0 Å². The zero-order valence-corrected chi connectivity index (χ0v) is 15.8. The molecule has 0 amide bonds. The molecular formula is C19H13ClF3N3O3. The Labute approximate surface area is 167 Å². The van der Waals surface area contributed by atoms with Crippen molar-refractivity contribution in [3.05, 3.63) is 58.5 Å². The highest BCUT2D eigenvalue weighted by atomic mass is 35.5. The number of carboxylic acid groups (broad SMARTS) is 1. The van der Waals surface area contributed by atoms with E-state index in [4.69, 9.17) is 21.5 Å². The number of nitrogens with zero attached hydrogens (tertiary/aromatic N) is 3. The predicted octanol–water partition coefficient (Wildman–Crippen LogP) is 4.67. The molecule has 0 atom stereocenters. The molecule has 0 bridgehead atoms. The molecule has 0 aliphatic rings. The Kier molecular flexibility index (Phi) is 6.29. The second kappa shape index (κ2) is 8.32. The van der Waals surface area contributed by atoms with Gasteiger partial charge >= 0.3 is 12.1 Å². The van der Waals surface area contributed by atoms with Gasteiger partial charge in [-0.2, -0.15) is 18.4 Å². The van der Waals surface area contributed by atoms with Crippen molar-refractivity contribution in [2.45, 2.75) is 20.0 Å². The van der Waals surface area contributed by atoms with Gasteiger partial charge in [0.15, 0.2) is 11.5 Å². The Hall–Kier alpha value is -3.38. The number of halogens is 4. The lowest BCUT2D eigenvalue weighted by molar-refractivity contribution is -0.192. The summed E-state index contributed by atoms with van der Waals surface area (Å²) < 4.78 is 33.5. The molecule has 1 N–H and O–H groups in total. The largest absolute Gasteiger partial charge is 0.490 e. The van der Waals surface area contributed by atoms with E-state index in [1.54, 1.807) is 17.4 Å². The number of nitriles is 1. The zero-order valence-electron chi connectivity index (χ0n) is 15.1. The van der Waals surface area contributed by atoms with Crippen molar-refractivity contribution in [2.24, 2.45) is 0 Å². The summed E-state index contributed by atoms with van der Waals surface area (Å²) in [5.41, 5.74) is 2.88. The third kappa shape index (κ3) is 4.55. The molecule has 0 radical (unpaired) electrons. The van der Waals surface area contributed by atoms with Crippen LogP contribution in [0.25, 0.3) is 16.8 Å². The van der Waals surface area contributed by atoms with Crippen LogP contribution in [0.1, 0.15) is 28.8 Å². The number of ketones is 1. The third-order valence-electron chi connectivity index (χ3n) is 3.80. The fourth-order valence-electron chi connectivity index (χ4n) is 2.64. The van der Waals surface area contributed by atoms with Gasteiger partial charge in [-0.25, -0.2) is 9.78 Å². The maximum absolute atomic E-state index is 12.1. The van der Waals surface area contributed by atoms with Crippen molar-refractivity contribution in [3.63, 3.8) is 0 Å². The number of hydrogen-bond donors (Lipinski definition) is 1. The SMILES string of the molecule is CC(=O)c1cc(Cl)c2c(C#N)nc(C)n2c1-c1ccccc1.O=C(O)C(F)(F)F. The summed E-state index contributed by atoms with van der Waals surface area (Å²) in [5, 5.41) is 16.7. The number of carbonyl (C=O) groups is 2. The molecule has 29 heavy (non-hydrogen) atoms. The van der Waals surface area contributed by atoms with Crippen LogP contribution < -0.4 is 0 Å². The molecular weight excluding hydrogens is 411 g/mol. The average molecular weight is 424 g/mol. The van der Waals surface area contributed by atoms with Gasteiger partial charge in [0.25, 0.3) is 0 Å². The minimum atomic E-state index is -5.08. The van der Waals surface area contributed by atoms with Gasteiger partial charge in [-0.15, -0.1) is 0 Å². The molecule has 0 spiro atoms. The minimum absolute atomic E-state index is 0.0886. The third-order valence-corrected chi connectivity index (χ3v) is 4.08. The molecule has 0 fully saturated rings. The van der Waals surface area contributed by atoms with E-state index in [1.807, 2.05) is 30.3 Å². The summed E-state index contributed by atoms with van der Waals surface area (Å²) >= 11 is 6.30. The van der Waals surface area contributed by atoms with E-state index in [0.717, 1.165) is 5.56 Å². The monoisotopic (exact) mass is 423 g/mol. The molecule has 3 rings (SSSR count). The van der Waals surface area contributed by atoms with Crippen LogP contribution in [0, 0.1) is 18.3 Å². The van der Waals surface area contributed by atoms with E-state index in [1.165, 1.54) is 6.92 Å². The van der Waals surface area contributed by atoms with Crippen LogP contribution >= 0.6 is 11.6 Å². The van der Waals surface area contributed by atoms with Gasteiger partial charge in [0.1, 0.15) is 17.4 Å². The summed E-state index contributed by atoms with van der Waals surface area (Å²) in [5.74, 6) is -2.22. The molecule has 2 heterocycles. The first-order valence-electron chi connectivity index (χ1n) is 7.97. The fraction of sp³-hybridized carbons (Fsp3) is 0.158. The fourth-order valence-corrected chi connectivity index (χ4v) is 2.92. The maximum atomic E-state index is 12.1. The van der Waals surface area contributed by atoms with Crippen LogP contribution in [0.2, 0.25) is 5.02 Å². The van der Waals surface area contributed by atoms with Crippen molar-refractivity contribution in [3.8, 4) is 17.3 Å². The predicted molar refractivity (Wildman–Crippen MR) is 98.8 cm³/mol. The molecule has 1 aromatic carbocycles. The van der Waals surface area contributed by atoms with Crippen LogP contribution in [0.15, 0.2) is 36.4 Å².